The van der Waals surface area contributed by atoms with Crippen molar-refractivity contribution >= 4 is 17.7 Å². The minimum atomic E-state index is -1.03. The van der Waals surface area contributed by atoms with Gasteiger partial charge in [0.1, 0.15) is 29.2 Å². The first-order chi connectivity index (χ1) is 16.2. The topological polar surface area (TPSA) is 123 Å². The Morgan fingerprint density at radius 2 is 1.68 bits per heavy atom. The molecule has 0 saturated carbocycles. The van der Waals surface area contributed by atoms with E-state index in [1.54, 1.807) is 37.7 Å². The van der Waals surface area contributed by atoms with E-state index in [2.05, 4.69) is 25.3 Å². The van der Waals surface area contributed by atoms with Crippen molar-refractivity contribution in [1.82, 2.24) is 19.9 Å². The molecular weight excluding hydrogens is 436 g/mol. The van der Waals surface area contributed by atoms with Crippen LogP contribution < -0.4 is 19.7 Å². The van der Waals surface area contributed by atoms with Crippen LogP contribution in [0.1, 0.15) is 31.2 Å². The van der Waals surface area contributed by atoms with Gasteiger partial charge >= 0.3 is 5.97 Å². The lowest BCUT2D eigenvalue weighted by atomic mass is 10.1. The lowest BCUT2D eigenvalue weighted by Gasteiger charge is -2.20. The Kier molecular flexibility index (Phi) is 7.83. The molecule has 34 heavy (non-hydrogen) atoms. The number of methoxy groups -OCH3 is 2. The van der Waals surface area contributed by atoms with Crippen LogP contribution in [0.5, 0.6) is 11.5 Å². The number of ether oxygens (including phenoxy) is 2. The molecule has 0 aliphatic heterocycles. The number of anilines is 2. The van der Waals surface area contributed by atoms with E-state index < -0.39 is 12.0 Å². The number of rotatable bonds is 10. The van der Waals surface area contributed by atoms with Crippen molar-refractivity contribution in [2.24, 2.45) is 0 Å². The molecule has 3 rings (SSSR count). The number of nitrogens with zero attached hydrogens (tertiary/aromatic N) is 5. The standard InChI is InChI=1S/C24H30N6O4/c1-14(2)16-13-27-24(30(3)4)29-22(16)28-17(23(31)32)10-20-25-11-15(12-26-20)21-18(33-5)8-7-9-19(21)34-6/h7-9,11-14,17H,10H2,1-6H3,(H,31,32)(H,27,28,29)/t17-/m0/s1. The predicted octanol–water partition coefficient (Wildman–Crippen LogP) is 3.25. The number of hydrogen-bond acceptors (Lipinski definition) is 9. The smallest absolute Gasteiger partial charge is 0.326 e. The SMILES string of the molecule is COc1cccc(OC)c1-c1cnc(C[C@H](Nc2nc(N(C)C)ncc2C(C)C)C(=O)O)nc1. The van der Waals surface area contributed by atoms with Gasteiger partial charge in [-0.25, -0.2) is 19.7 Å². The molecule has 0 radical (unpaired) electrons. The Balaban J connectivity index is 1.87. The van der Waals surface area contributed by atoms with Crippen molar-refractivity contribution in [3.63, 3.8) is 0 Å². The molecule has 1 atom stereocenters. The van der Waals surface area contributed by atoms with E-state index in [4.69, 9.17) is 9.47 Å². The van der Waals surface area contributed by atoms with Crippen molar-refractivity contribution in [2.45, 2.75) is 32.2 Å². The van der Waals surface area contributed by atoms with E-state index in [1.165, 1.54) is 0 Å². The Morgan fingerprint density at radius 1 is 1.06 bits per heavy atom. The second-order valence-corrected chi connectivity index (χ2v) is 8.19. The molecule has 0 aliphatic carbocycles. The summed E-state index contributed by atoms with van der Waals surface area (Å²) in [5.41, 5.74) is 2.26. The first-order valence-electron chi connectivity index (χ1n) is 10.8. The molecule has 2 N–H and O–H groups in total. The number of nitrogens with one attached hydrogen (secondary N) is 1. The molecule has 0 bridgehead atoms. The summed E-state index contributed by atoms with van der Waals surface area (Å²) in [5, 5.41) is 12.9. The van der Waals surface area contributed by atoms with E-state index in [0.29, 0.717) is 34.7 Å². The van der Waals surface area contributed by atoms with Crippen LogP contribution in [-0.2, 0) is 11.2 Å². The molecule has 2 heterocycles. The highest BCUT2D eigenvalue weighted by Gasteiger charge is 2.23. The fourth-order valence-electron chi connectivity index (χ4n) is 3.41. The predicted molar refractivity (Wildman–Crippen MR) is 130 cm³/mol. The largest absolute Gasteiger partial charge is 0.496 e. The minimum Gasteiger partial charge on any atom is -0.496 e. The maximum atomic E-state index is 12.1. The molecule has 10 heteroatoms. The first kappa shape index (κ1) is 24.7. The average molecular weight is 467 g/mol. The molecule has 0 fully saturated rings. The Labute approximate surface area is 199 Å². The number of benzene rings is 1. The molecule has 2 aromatic heterocycles. The van der Waals surface area contributed by atoms with Crippen LogP contribution in [0.15, 0.2) is 36.8 Å². The zero-order chi connectivity index (χ0) is 24.8. The number of aromatic nitrogens is 4. The Morgan fingerprint density at radius 3 is 2.18 bits per heavy atom. The summed E-state index contributed by atoms with van der Waals surface area (Å²) in [4.78, 5) is 31.5. The highest BCUT2D eigenvalue weighted by Crippen LogP contribution is 2.37. The first-order valence-corrected chi connectivity index (χ1v) is 10.8. The number of carboxylic acids is 1. The van der Waals surface area contributed by atoms with E-state index in [-0.39, 0.29) is 12.3 Å². The molecule has 3 aromatic rings. The van der Waals surface area contributed by atoms with Crippen LogP contribution in [0.3, 0.4) is 0 Å². The third-order valence-corrected chi connectivity index (χ3v) is 5.24. The maximum absolute atomic E-state index is 12.1. The quantitative estimate of drug-likeness (QED) is 0.460. The second kappa shape index (κ2) is 10.8. The number of aliphatic carboxylic acids is 1. The molecule has 0 unspecified atom stereocenters. The lowest BCUT2D eigenvalue weighted by Crippen LogP contribution is -2.33. The fourth-order valence-corrected chi connectivity index (χ4v) is 3.41. The van der Waals surface area contributed by atoms with Gasteiger partial charge in [0, 0.05) is 50.2 Å². The molecule has 10 nitrogen and oxygen atoms in total. The van der Waals surface area contributed by atoms with Crippen LogP contribution in [0.2, 0.25) is 0 Å². The maximum Gasteiger partial charge on any atom is 0.326 e. The van der Waals surface area contributed by atoms with E-state index in [9.17, 15) is 9.90 Å². The third kappa shape index (κ3) is 5.51. The van der Waals surface area contributed by atoms with Crippen LogP contribution >= 0.6 is 0 Å². The van der Waals surface area contributed by atoms with Crippen LogP contribution in [0, 0.1) is 0 Å². The minimum absolute atomic E-state index is 0.0670. The van der Waals surface area contributed by atoms with Gasteiger partial charge in [-0.3, -0.25) is 0 Å². The summed E-state index contributed by atoms with van der Waals surface area (Å²) in [6.07, 6.45) is 5.06. The van der Waals surface area contributed by atoms with Crippen LogP contribution in [0.4, 0.5) is 11.8 Å². The lowest BCUT2D eigenvalue weighted by molar-refractivity contribution is -0.137. The van der Waals surface area contributed by atoms with Gasteiger partial charge < -0.3 is 24.8 Å². The summed E-state index contributed by atoms with van der Waals surface area (Å²) in [6, 6.07) is 4.51. The highest BCUT2D eigenvalue weighted by molar-refractivity contribution is 5.78. The molecule has 180 valence electrons. The van der Waals surface area contributed by atoms with E-state index in [0.717, 1.165) is 11.1 Å². The molecule has 0 aliphatic rings. The normalized spacial score (nSPS) is 11.7. The fraction of sp³-hybridized carbons (Fsp3) is 0.375. The van der Waals surface area contributed by atoms with Gasteiger partial charge in [-0.1, -0.05) is 19.9 Å². The number of hydrogen-bond donors (Lipinski definition) is 2. The van der Waals surface area contributed by atoms with Crippen LogP contribution in [-0.4, -0.2) is 65.4 Å². The molecule has 0 spiro atoms. The average Bonchev–Trinajstić information content (AvgIpc) is 2.83. The Hall–Kier alpha value is -3.95. The highest BCUT2D eigenvalue weighted by atomic mass is 16.5. The summed E-state index contributed by atoms with van der Waals surface area (Å²) in [5.74, 6) is 1.69. The van der Waals surface area contributed by atoms with Crippen molar-refractivity contribution in [3.05, 3.63) is 48.2 Å². The summed E-state index contributed by atoms with van der Waals surface area (Å²) in [6.45, 7) is 4.01. The summed E-state index contributed by atoms with van der Waals surface area (Å²) < 4.78 is 10.9. The van der Waals surface area contributed by atoms with Gasteiger partial charge in [0.05, 0.1) is 19.8 Å². The van der Waals surface area contributed by atoms with Crippen molar-refractivity contribution in [1.29, 1.82) is 0 Å². The van der Waals surface area contributed by atoms with Crippen molar-refractivity contribution in [2.75, 3.05) is 38.5 Å². The Bertz CT molecular complexity index is 1110. The van der Waals surface area contributed by atoms with Crippen molar-refractivity contribution < 1.29 is 19.4 Å². The van der Waals surface area contributed by atoms with Gasteiger partial charge in [-0.15, -0.1) is 0 Å². The third-order valence-electron chi connectivity index (χ3n) is 5.24. The van der Waals surface area contributed by atoms with E-state index in [1.807, 2.05) is 46.1 Å². The van der Waals surface area contributed by atoms with Gasteiger partial charge in [0.25, 0.3) is 0 Å². The molecule has 0 amide bonds. The number of carboxylic acid groups (broad SMARTS) is 1. The monoisotopic (exact) mass is 466 g/mol. The van der Waals surface area contributed by atoms with E-state index >= 15 is 0 Å². The second-order valence-electron chi connectivity index (χ2n) is 8.19. The van der Waals surface area contributed by atoms with Gasteiger partial charge in [0.15, 0.2) is 0 Å². The van der Waals surface area contributed by atoms with Gasteiger partial charge in [0.2, 0.25) is 5.95 Å². The molecule has 1 aromatic carbocycles. The summed E-state index contributed by atoms with van der Waals surface area (Å²) in [7, 11) is 6.82. The van der Waals surface area contributed by atoms with Gasteiger partial charge in [-0.05, 0) is 18.1 Å². The van der Waals surface area contributed by atoms with Crippen LogP contribution in [0.25, 0.3) is 11.1 Å². The summed E-state index contributed by atoms with van der Waals surface area (Å²) >= 11 is 0. The zero-order valence-electron chi connectivity index (χ0n) is 20.2. The molecular formula is C24H30N6O4. The zero-order valence-corrected chi connectivity index (χ0v) is 20.2. The number of carbonyl (C=O) groups is 1. The molecule has 0 saturated heterocycles. The van der Waals surface area contributed by atoms with Gasteiger partial charge in [-0.2, -0.15) is 4.98 Å². The van der Waals surface area contributed by atoms with Crippen molar-refractivity contribution in [3.8, 4) is 22.6 Å².